The first-order valence-electron chi connectivity index (χ1n) is 8.26. The molecule has 0 unspecified atom stereocenters. The Morgan fingerprint density at radius 2 is 1.90 bits per heavy atom. The molecule has 0 aromatic heterocycles. The number of amides is 1. The lowest BCUT2D eigenvalue weighted by Gasteiger charge is -2.13. The number of ether oxygens (including phenoxy) is 1. The van der Waals surface area contributed by atoms with Gasteiger partial charge in [-0.1, -0.05) is 6.07 Å². The number of hydrogen-bond acceptors (Lipinski definition) is 5. The minimum absolute atomic E-state index is 0.0381. The average molecular weight is 564 g/mol. The second-order valence-electron chi connectivity index (χ2n) is 6.12. The molecule has 7 nitrogen and oxygen atoms in total. The lowest BCUT2D eigenvalue weighted by Crippen LogP contribution is -2.25. The van der Waals surface area contributed by atoms with Crippen molar-refractivity contribution >= 4 is 61.2 Å². The predicted octanol–water partition coefficient (Wildman–Crippen LogP) is 4.97. The normalized spacial score (nSPS) is 15.4. The maximum Gasteiger partial charge on any atom is 0.435 e. The summed E-state index contributed by atoms with van der Waals surface area (Å²) in [5.74, 6) is -2.74. The van der Waals surface area contributed by atoms with E-state index in [1.165, 1.54) is 31.4 Å². The van der Waals surface area contributed by atoms with Crippen LogP contribution in [0.15, 0.2) is 50.0 Å². The average Bonchev–Trinajstić information content (AvgIpc) is 3.05. The molecule has 0 saturated carbocycles. The number of carboxylic acid groups (broad SMARTS) is 1. The van der Waals surface area contributed by atoms with Gasteiger partial charge in [-0.05, 0) is 67.8 Å². The first-order valence-corrected chi connectivity index (χ1v) is 9.85. The molecular formula is C19H11Br2F3N2O5. The molecule has 0 saturated heterocycles. The SMILES string of the molecule is COc1cc(/C=C2\C(=O)N(c3cccc(C(=O)O)c3)N=C2C(F)(F)F)c(Br)c(Br)c1O. The summed E-state index contributed by atoms with van der Waals surface area (Å²) in [5.41, 5.74) is -2.48. The highest BCUT2D eigenvalue weighted by Gasteiger charge is 2.47. The fraction of sp³-hybridized carbons (Fsp3) is 0.105. The van der Waals surface area contributed by atoms with Gasteiger partial charge in [0.15, 0.2) is 17.2 Å². The standard InChI is InChI=1S/C19H11Br2F3N2O5/c1-31-12-7-9(13(20)14(21)15(12)27)6-11-16(19(22,23)24)25-26(17(11)28)10-4-2-3-8(5-10)18(29)30/h2-7,27H,1H3,(H,29,30)/b11-6-. The summed E-state index contributed by atoms with van der Waals surface area (Å²) in [7, 11) is 1.26. The van der Waals surface area contributed by atoms with Crippen LogP contribution in [0.2, 0.25) is 0 Å². The zero-order chi connectivity index (χ0) is 23.1. The number of halogens is 5. The van der Waals surface area contributed by atoms with Gasteiger partial charge in [0.25, 0.3) is 5.91 Å². The lowest BCUT2D eigenvalue weighted by atomic mass is 10.1. The summed E-state index contributed by atoms with van der Waals surface area (Å²) in [5, 5.41) is 23.0. The molecule has 1 aliphatic heterocycles. The van der Waals surface area contributed by atoms with E-state index in [1.54, 1.807) is 0 Å². The fourth-order valence-electron chi connectivity index (χ4n) is 2.73. The van der Waals surface area contributed by atoms with Crippen LogP contribution < -0.4 is 9.75 Å². The van der Waals surface area contributed by atoms with E-state index in [9.17, 15) is 27.9 Å². The Balaban J connectivity index is 2.17. The largest absolute Gasteiger partial charge is 0.503 e. The topological polar surface area (TPSA) is 99.4 Å². The van der Waals surface area contributed by atoms with Gasteiger partial charge < -0.3 is 14.9 Å². The number of aromatic hydroxyl groups is 1. The van der Waals surface area contributed by atoms with Gasteiger partial charge in [0.1, 0.15) is 0 Å². The smallest absolute Gasteiger partial charge is 0.435 e. The van der Waals surface area contributed by atoms with Crippen LogP contribution in [0.25, 0.3) is 6.08 Å². The van der Waals surface area contributed by atoms with E-state index in [1.807, 2.05) is 0 Å². The number of hydrazone groups is 1. The van der Waals surface area contributed by atoms with Crippen molar-refractivity contribution < 1.29 is 37.7 Å². The highest BCUT2D eigenvalue weighted by atomic mass is 79.9. The van der Waals surface area contributed by atoms with Crippen LogP contribution in [0.5, 0.6) is 11.5 Å². The van der Waals surface area contributed by atoms with Crippen molar-refractivity contribution in [3.05, 3.63) is 56.0 Å². The third-order valence-electron chi connectivity index (χ3n) is 4.18. The number of phenols is 1. The van der Waals surface area contributed by atoms with E-state index >= 15 is 0 Å². The molecule has 31 heavy (non-hydrogen) atoms. The second-order valence-corrected chi connectivity index (χ2v) is 7.71. The van der Waals surface area contributed by atoms with Gasteiger partial charge in [0, 0.05) is 4.47 Å². The van der Waals surface area contributed by atoms with Crippen molar-refractivity contribution in [1.82, 2.24) is 0 Å². The van der Waals surface area contributed by atoms with E-state index in [0.717, 1.165) is 12.1 Å². The molecular weight excluding hydrogens is 553 g/mol. The van der Waals surface area contributed by atoms with Gasteiger partial charge in [-0.15, -0.1) is 0 Å². The Morgan fingerprint density at radius 3 is 2.48 bits per heavy atom. The monoisotopic (exact) mass is 562 g/mol. The molecule has 0 atom stereocenters. The van der Waals surface area contributed by atoms with Crippen LogP contribution in [0, 0.1) is 0 Å². The number of carbonyl (C=O) groups excluding carboxylic acids is 1. The van der Waals surface area contributed by atoms with Crippen molar-refractivity contribution in [2.75, 3.05) is 12.1 Å². The first kappa shape index (κ1) is 22.8. The van der Waals surface area contributed by atoms with Crippen LogP contribution in [-0.4, -0.2) is 41.1 Å². The van der Waals surface area contributed by atoms with E-state index in [-0.39, 0.29) is 37.3 Å². The summed E-state index contributed by atoms with van der Waals surface area (Å²) in [6, 6.07) is 6.06. The number of aromatic carboxylic acids is 1. The van der Waals surface area contributed by atoms with E-state index in [2.05, 4.69) is 37.0 Å². The molecule has 1 aliphatic rings. The van der Waals surface area contributed by atoms with Gasteiger partial charge in [-0.25, -0.2) is 4.79 Å². The first-order chi connectivity index (χ1) is 14.5. The molecule has 2 N–H and O–H groups in total. The summed E-state index contributed by atoms with van der Waals surface area (Å²) in [4.78, 5) is 24.0. The number of carbonyl (C=O) groups is 2. The maximum absolute atomic E-state index is 13.6. The third-order valence-corrected chi connectivity index (χ3v) is 6.34. The third kappa shape index (κ3) is 4.30. The van der Waals surface area contributed by atoms with Crippen LogP contribution in [0.1, 0.15) is 15.9 Å². The molecule has 2 aromatic carbocycles. The number of methoxy groups -OCH3 is 1. The number of nitrogens with zero attached hydrogens (tertiary/aromatic N) is 2. The van der Waals surface area contributed by atoms with Crippen LogP contribution in [0.3, 0.4) is 0 Å². The lowest BCUT2D eigenvalue weighted by molar-refractivity contribution is -0.114. The van der Waals surface area contributed by atoms with Gasteiger partial charge in [-0.2, -0.15) is 23.3 Å². The molecule has 0 radical (unpaired) electrons. The zero-order valence-corrected chi connectivity index (χ0v) is 18.5. The Morgan fingerprint density at radius 1 is 1.23 bits per heavy atom. The molecule has 3 rings (SSSR count). The van der Waals surface area contributed by atoms with Crippen molar-refractivity contribution in [2.45, 2.75) is 6.18 Å². The molecule has 0 spiro atoms. The number of hydrogen-bond donors (Lipinski definition) is 2. The van der Waals surface area contributed by atoms with Gasteiger partial charge in [-0.3, -0.25) is 4.79 Å². The maximum atomic E-state index is 13.6. The quantitative estimate of drug-likeness (QED) is 0.512. The van der Waals surface area contributed by atoms with E-state index in [0.29, 0.717) is 5.01 Å². The molecule has 0 bridgehead atoms. The van der Waals surface area contributed by atoms with E-state index < -0.39 is 29.3 Å². The minimum atomic E-state index is -4.97. The van der Waals surface area contributed by atoms with Gasteiger partial charge >= 0.3 is 12.1 Å². The van der Waals surface area contributed by atoms with Gasteiger partial charge in [0.05, 0.1) is 28.4 Å². The molecule has 1 heterocycles. The molecule has 162 valence electrons. The van der Waals surface area contributed by atoms with Crippen molar-refractivity contribution in [3.63, 3.8) is 0 Å². The Hall–Kier alpha value is -2.86. The van der Waals surface area contributed by atoms with Gasteiger partial charge in [0.2, 0.25) is 0 Å². The van der Waals surface area contributed by atoms with Crippen molar-refractivity contribution in [1.29, 1.82) is 0 Å². The summed E-state index contributed by atoms with van der Waals surface area (Å²) in [6.07, 6.45) is -4.02. The highest BCUT2D eigenvalue weighted by Crippen LogP contribution is 2.43. The zero-order valence-electron chi connectivity index (χ0n) is 15.4. The highest BCUT2D eigenvalue weighted by molar-refractivity contribution is 9.13. The van der Waals surface area contributed by atoms with Crippen LogP contribution in [0.4, 0.5) is 18.9 Å². The van der Waals surface area contributed by atoms with Crippen LogP contribution in [-0.2, 0) is 4.79 Å². The number of benzene rings is 2. The molecule has 2 aromatic rings. The molecule has 12 heteroatoms. The molecule has 0 fully saturated rings. The number of carboxylic acids is 1. The predicted molar refractivity (Wildman–Crippen MR) is 112 cm³/mol. The van der Waals surface area contributed by atoms with Crippen LogP contribution >= 0.6 is 31.9 Å². The number of anilines is 1. The Kier molecular flexibility index (Phi) is 6.14. The number of rotatable bonds is 4. The Labute approximate surface area is 189 Å². The minimum Gasteiger partial charge on any atom is -0.503 e. The summed E-state index contributed by atoms with van der Waals surface area (Å²) in [6.45, 7) is 0. The Bertz CT molecular complexity index is 1160. The van der Waals surface area contributed by atoms with Crippen molar-refractivity contribution in [3.8, 4) is 11.5 Å². The van der Waals surface area contributed by atoms with Crippen molar-refractivity contribution in [2.24, 2.45) is 5.10 Å². The molecule has 1 amide bonds. The fourth-order valence-corrected chi connectivity index (χ4v) is 3.57. The second kappa shape index (κ2) is 8.35. The summed E-state index contributed by atoms with van der Waals surface area (Å²) < 4.78 is 46.2. The molecule has 0 aliphatic carbocycles. The number of alkyl halides is 3. The summed E-state index contributed by atoms with van der Waals surface area (Å²) >= 11 is 6.26. The van der Waals surface area contributed by atoms with E-state index in [4.69, 9.17) is 9.84 Å². The number of phenolic OH excluding ortho intramolecular Hbond substituents is 1.